The van der Waals surface area contributed by atoms with Gasteiger partial charge in [-0.1, -0.05) is 0 Å². The molecule has 0 N–H and O–H groups in total. The third-order valence-corrected chi connectivity index (χ3v) is 4.43. The molecule has 1 rings (SSSR count). The third-order valence-electron chi connectivity index (χ3n) is 3.29. The largest absolute Gasteiger partial charge is 0.491 e. The molecule has 0 bridgehead atoms. The first kappa shape index (κ1) is 19.3. The van der Waals surface area contributed by atoms with Crippen LogP contribution in [0, 0.1) is 0 Å². The molecule has 1 aromatic rings. The average molecular weight is 342 g/mol. The molecule has 0 heterocycles. The van der Waals surface area contributed by atoms with Gasteiger partial charge in [0.25, 0.3) is 0 Å². The number of amides is 1. The van der Waals surface area contributed by atoms with Gasteiger partial charge in [0.15, 0.2) is 0 Å². The minimum atomic E-state index is -3.55. The summed E-state index contributed by atoms with van der Waals surface area (Å²) in [6.07, 6.45) is 1.14. The number of carbonyl (C=O) groups is 1. The van der Waals surface area contributed by atoms with Crippen LogP contribution < -0.4 is 9.04 Å². The van der Waals surface area contributed by atoms with E-state index < -0.39 is 10.0 Å². The predicted octanol–water partition coefficient (Wildman–Crippen LogP) is 2.11. The smallest absolute Gasteiger partial charge is 0.243 e. The second-order valence-electron chi connectivity index (χ2n) is 5.50. The van der Waals surface area contributed by atoms with Crippen LogP contribution >= 0.6 is 0 Å². The minimum Gasteiger partial charge on any atom is -0.491 e. The topological polar surface area (TPSA) is 66.9 Å². The summed E-state index contributed by atoms with van der Waals surface area (Å²) in [6, 6.07) is 6.70. The highest BCUT2D eigenvalue weighted by Crippen LogP contribution is 2.22. The van der Waals surface area contributed by atoms with Gasteiger partial charge in [0.2, 0.25) is 15.9 Å². The molecule has 1 aromatic carbocycles. The first-order valence-electron chi connectivity index (χ1n) is 7.71. The monoisotopic (exact) mass is 342 g/mol. The number of nitrogens with zero attached hydrogens (tertiary/aromatic N) is 2. The molecular formula is C16H26N2O4S. The highest BCUT2D eigenvalue weighted by molar-refractivity contribution is 7.92. The van der Waals surface area contributed by atoms with Crippen molar-refractivity contribution >= 4 is 21.6 Å². The highest BCUT2D eigenvalue weighted by Gasteiger charge is 2.23. The van der Waals surface area contributed by atoms with E-state index in [1.807, 2.05) is 27.7 Å². The van der Waals surface area contributed by atoms with Gasteiger partial charge in [0, 0.05) is 13.1 Å². The fraction of sp³-hybridized carbons (Fsp3) is 0.562. The SMILES string of the molecule is CCN(CC)C(=O)CN(c1ccc(OC(C)C)cc1)S(C)(=O)=O. The van der Waals surface area contributed by atoms with Crippen LogP contribution in [0.3, 0.4) is 0 Å². The normalized spacial score (nSPS) is 11.4. The minimum absolute atomic E-state index is 0.0381. The molecule has 0 radical (unpaired) electrons. The molecule has 23 heavy (non-hydrogen) atoms. The average Bonchev–Trinajstić information content (AvgIpc) is 2.45. The molecule has 0 aliphatic heterocycles. The third kappa shape index (κ3) is 5.74. The number of hydrogen-bond acceptors (Lipinski definition) is 4. The molecule has 0 aliphatic rings. The quantitative estimate of drug-likeness (QED) is 0.726. The molecule has 0 saturated heterocycles. The second-order valence-corrected chi connectivity index (χ2v) is 7.40. The van der Waals surface area contributed by atoms with Crippen LogP contribution in [0.1, 0.15) is 27.7 Å². The molecule has 0 aliphatic carbocycles. The Morgan fingerprint density at radius 1 is 1.13 bits per heavy atom. The van der Waals surface area contributed by atoms with E-state index in [2.05, 4.69) is 0 Å². The van der Waals surface area contributed by atoms with Crippen molar-refractivity contribution in [3.8, 4) is 5.75 Å². The summed E-state index contributed by atoms with van der Waals surface area (Å²) >= 11 is 0. The first-order chi connectivity index (χ1) is 10.7. The standard InChI is InChI=1S/C16H26N2O4S/c1-6-17(7-2)16(19)12-18(23(5,20)21)14-8-10-15(11-9-14)22-13(3)4/h8-11,13H,6-7,12H2,1-5H3. The van der Waals surface area contributed by atoms with Gasteiger partial charge in [-0.15, -0.1) is 0 Å². The molecule has 0 fully saturated rings. The van der Waals surface area contributed by atoms with E-state index in [9.17, 15) is 13.2 Å². The Balaban J connectivity index is 3.02. The van der Waals surface area contributed by atoms with E-state index in [0.29, 0.717) is 24.5 Å². The van der Waals surface area contributed by atoms with E-state index in [-0.39, 0.29) is 18.6 Å². The van der Waals surface area contributed by atoms with Gasteiger partial charge in [-0.25, -0.2) is 8.42 Å². The molecular weight excluding hydrogens is 316 g/mol. The number of carbonyl (C=O) groups excluding carboxylic acids is 1. The first-order valence-corrected chi connectivity index (χ1v) is 9.56. The van der Waals surface area contributed by atoms with E-state index >= 15 is 0 Å². The maximum Gasteiger partial charge on any atom is 0.243 e. The van der Waals surface area contributed by atoms with Gasteiger partial charge >= 0.3 is 0 Å². The van der Waals surface area contributed by atoms with Gasteiger partial charge in [-0.3, -0.25) is 9.10 Å². The fourth-order valence-electron chi connectivity index (χ4n) is 2.16. The number of benzene rings is 1. The number of ether oxygens (including phenoxy) is 1. The molecule has 7 heteroatoms. The summed E-state index contributed by atoms with van der Waals surface area (Å²) in [5, 5.41) is 0. The van der Waals surface area contributed by atoms with Crippen LogP contribution in [0.4, 0.5) is 5.69 Å². The van der Waals surface area contributed by atoms with Gasteiger partial charge < -0.3 is 9.64 Å². The summed E-state index contributed by atoms with van der Waals surface area (Å²) in [4.78, 5) is 13.8. The lowest BCUT2D eigenvalue weighted by Gasteiger charge is -2.26. The lowest BCUT2D eigenvalue weighted by molar-refractivity contribution is -0.129. The van der Waals surface area contributed by atoms with Crippen molar-refractivity contribution in [2.24, 2.45) is 0 Å². The summed E-state index contributed by atoms with van der Waals surface area (Å²) < 4.78 is 30.8. The number of hydrogen-bond donors (Lipinski definition) is 0. The van der Waals surface area contributed by atoms with Crippen molar-refractivity contribution in [1.82, 2.24) is 4.90 Å². The van der Waals surface area contributed by atoms with Crippen LogP contribution in [-0.2, 0) is 14.8 Å². The Bertz CT molecular complexity index is 607. The van der Waals surface area contributed by atoms with E-state index in [1.54, 1.807) is 29.2 Å². The van der Waals surface area contributed by atoms with E-state index in [1.165, 1.54) is 0 Å². The fourth-order valence-corrected chi connectivity index (χ4v) is 3.01. The Morgan fingerprint density at radius 2 is 1.65 bits per heavy atom. The maximum absolute atomic E-state index is 12.2. The molecule has 1 amide bonds. The molecule has 0 spiro atoms. The second kappa shape index (κ2) is 8.19. The van der Waals surface area contributed by atoms with E-state index in [4.69, 9.17) is 4.74 Å². The number of likely N-dealkylation sites (N-methyl/N-ethyl adjacent to an activating group) is 1. The van der Waals surface area contributed by atoms with Crippen LogP contribution in [0.2, 0.25) is 0 Å². The van der Waals surface area contributed by atoms with Crippen molar-refractivity contribution < 1.29 is 17.9 Å². The maximum atomic E-state index is 12.2. The Hall–Kier alpha value is -1.76. The highest BCUT2D eigenvalue weighted by atomic mass is 32.2. The van der Waals surface area contributed by atoms with Gasteiger partial charge in [-0.2, -0.15) is 0 Å². The molecule has 6 nitrogen and oxygen atoms in total. The van der Waals surface area contributed by atoms with Crippen LogP contribution in [0.25, 0.3) is 0 Å². The van der Waals surface area contributed by atoms with Crippen LogP contribution in [0.5, 0.6) is 5.75 Å². The molecule has 0 unspecified atom stereocenters. The van der Waals surface area contributed by atoms with Crippen molar-refractivity contribution in [3.05, 3.63) is 24.3 Å². The zero-order valence-corrected chi connectivity index (χ0v) is 15.3. The van der Waals surface area contributed by atoms with Gasteiger partial charge in [-0.05, 0) is 52.0 Å². The number of sulfonamides is 1. The van der Waals surface area contributed by atoms with Crippen LogP contribution in [-0.4, -0.2) is 51.2 Å². The van der Waals surface area contributed by atoms with Crippen molar-refractivity contribution in [2.75, 3.05) is 30.2 Å². The summed E-state index contributed by atoms with van der Waals surface area (Å²) in [6.45, 7) is 8.46. The van der Waals surface area contributed by atoms with Crippen LogP contribution in [0.15, 0.2) is 24.3 Å². The number of anilines is 1. The number of rotatable bonds is 8. The molecule has 0 saturated carbocycles. The molecule has 130 valence electrons. The zero-order valence-electron chi connectivity index (χ0n) is 14.4. The summed E-state index contributed by atoms with van der Waals surface area (Å²) in [5.41, 5.74) is 0.448. The Kier molecular flexibility index (Phi) is 6.87. The summed E-state index contributed by atoms with van der Waals surface area (Å²) in [7, 11) is -3.55. The zero-order chi connectivity index (χ0) is 17.6. The Labute approximate surface area is 139 Å². The predicted molar refractivity (Wildman–Crippen MR) is 92.3 cm³/mol. The lowest BCUT2D eigenvalue weighted by atomic mass is 10.3. The molecule has 0 aromatic heterocycles. The van der Waals surface area contributed by atoms with Crippen molar-refractivity contribution in [1.29, 1.82) is 0 Å². The van der Waals surface area contributed by atoms with Gasteiger partial charge in [0.1, 0.15) is 12.3 Å². The lowest BCUT2D eigenvalue weighted by Crippen LogP contribution is -2.42. The summed E-state index contributed by atoms with van der Waals surface area (Å²) in [5.74, 6) is 0.440. The van der Waals surface area contributed by atoms with E-state index in [0.717, 1.165) is 10.6 Å². The van der Waals surface area contributed by atoms with Gasteiger partial charge in [0.05, 0.1) is 18.0 Å². The van der Waals surface area contributed by atoms with Crippen molar-refractivity contribution in [3.63, 3.8) is 0 Å². The Morgan fingerprint density at radius 3 is 2.04 bits per heavy atom. The van der Waals surface area contributed by atoms with Crippen molar-refractivity contribution in [2.45, 2.75) is 33.8 Å². The molecule has 0 atom stereocenters.